The molecule has 0 radical (unpaired) electrons. The zero-order chi connectivity index (χ0) is 13.7. The van der Waals surface area contributed by atoms with Crippen molar-refractivity contribution >= 4 is 11.8 Å². The lowest BCUT2D eigenvalue weighted by atomic mass is 10.2. The fourth-order valence-electron chi connectivity index (χ4n) is 2.10. The smallest absolute Gasteiger partial charge is 0.242 e. The SMILES string of the molecule is CCC(C)N(CC(=O)N1CCN(C)CC1)C(C)=O. The minimum Gasteiger partial charge on any atom is -0.339 e. The Kier molecular flexibility index (Phi) is 5.59. The first-order chi connectivity index (χ1) is 8.45. The molecule has 1 rings (SSSR count). The molecule has 18 heavy (non-hydrogen) atoms. The van der Waals surface area contributed by atoms with Crippen LogP contribution in [0.4, 0.5) is 0 Å². The summed E-state index contributed by atoms with van der Waals surface area (Å²) in [6.45, 7) is 9.12. The summed E-state index contributed by atoms with van der Waals surface area (Å²) in [5.41, 5.74) is 0. The van der Waals surface area contributed by atoms with Crippen LogP contribution in [-0.4, -0.2) is 72.3 Å². The topological polar surface area (TPSA) is 43.9 Å². The second kappa shape index (κ2) is 6.73. The predicted octanol–water partition coefficient (Wildman–Crippen LogP) is 0.407. The number of amides is 2. The third-order valence-electron chi connectivity index (χ3n) is 3.69. The first-order valence-corrected chi connectivity index (χ1v) is 6.69. The van der Waals surface area contributed by atoms with E-state index in [-0.39, 0.29) is 24.4 Å². The molecular weight excluding hydrogens is 230 g/mol. The number of nitrogens with zero attached hydrogens (tertiary/aromatic N) is 3. The van der Waals surface area contributed by atoms with E-state index in [9.17, 15) is 9.59 Å². The molecule has 0 bridgehead atoms. The van der Waals surface area contributed by atoms with E-state index in [1.165, 1.54) is 6.92 Å². The summed E-state index contributed by atoms with van der Waals surface area (Å²) >= 11 is 0. The Hall–Kier alpha value is -1.10. The van der Waals surface area contributed by atoms with E-state index >= 15 is 0 Å². The van der Waals surface area contributed by atoms with E-state index in [4.69, 9.17) is 0 Å². The molecule has 2 amide bonds. The van der Waals surface area contributed by atoms with Gasteiger partial charge < -0.3 is 14.7 Å². The fourth-order valence-corrected chi connectivity index (χ4v) is 2.10. The van der Waals surface area contributed by atoms with Crippen molar-refractivity contribution in [2.24, 2.45) is 0 Å². The van der Waals surface area contributed by atoms with Crippen molar-refractivity contribution in [1.29, 1.82) is 0 Å². The van der Waals surface area contributed by atoms with E-state index in [1.807, 2.05) is 18.7 Å². The second-order valence-electron chi connectivity index (χ2n) is 5.09. The highest BCUT2D eigenvalue weighted by atomic mass is 16.2. The highest BCUT2D eigenvalue weighted by molar-refractivity contribution is 5.84. The van der Waals surface area contributed by atoms with E-state index in [0.29, 0.717) is 0 Å². The van der Waals surface area contributed by atoms with Crippen LogP contribution in [0.1, 0.15) is 27.2 Å². The monoisotopic (exact) mass is 255 g/mol. The summed E-state index contributed by atoms with van der Waals surface area (Å²) in [5.74, 6) is 0.0467. The van der Waals surface area contributed by atoms with Crippen molar-refractivity contribution < 1.29 is 9.59 Å². The molecule has 5 heteroatoms. The molecule has 1 aliphatic heterocycles. The molecule has 104 valence electrons. The molecule has 0 spiro atoms. The summed E-state index contributed by atoms with van der Waals surface area (Å²) in [6.07, 6.45) is 0.871. The van der Waals surface area contributed by atoms with Gasteiger partial charge in [0, 0.05) is 39.1 Å². The normalized spacial score (nSPS) is 18.6. The van der Waals surface area contributed by atoms with Crippen molar-refractivity contribution in [3.8, 4) is 0 Å². The lowest BCUT2D eigenvalue weighted by molar-refractivity contribution is -0.142. The van der Waals surface area contributed by atoms with Crippen molar-refractivity contribution in [3.05, 3.63) is 0 Å². The van der Waals surface area contributed by atoms with Gasteiger partial charge in [-0.3, -0.25) is 9.59 Å². The van der Waals surface area contributed by atoms with Crippen molar-refractivity contribution in [2.45, 2.75) is 33.2 Å². The van der Waals surface area contributed by atoms with Crippen molar-refractivity contribution in [3.63, 3.8) is 0 Å². The van der Waals surface area contributed by atoms with Crippen molar-refractivity contribution in [1.82, 2.24) is 14.7 Å². The minimum absolute atomic E-state index is 0.0215. The highest BCUT2D eigenvalue weighted by Gasteiger charge is 2.24. The summed E-state index contributed by atoms with van der Waals surface area (Å²) in [7, 11) is 2.06. The van der Waals surface area contributed by atoms with Crippen LogP contribution in [0.25, 0.3) is 0 Å². The number of hydrogen-bond acceptors (Lipinski definition) is 3. The average molecular weight is 255 g/mol. The first kappa shape index (κ1) is 15.0. The maximum Gasteiger partial charge on any atom is 0.242 e. The molecule has 1 heterocycles. The van der Waals surface area contributed by atoms with Crippen LogP contribution in [-0.2, 0) is 9.59 Å². The van der Waals surface area contributed by atoms with Gasteiger partial charge in [0.15, 0.2) is 0 Å². The van der Waals surface area contributed by atoms with E-state index in [2.05, 4.69) is 11.9 Å². The molecular formula is C13H25N3O2. The zero-order valence-corrected chi connectivity index (χ0v) is 12.0. The van der Waals surface area contributed by atoms with Crippen LogP contribution >= 0.6 is 0 Å². The third kappa shape index (κ3) is 3.98. The van der Waals surface area contributed by atoms with Gasteiger partial charge in [0.25, 0.3) is 0 Å². The van der Waals surface area contributed by atoms with Gasteiger partial charge in [-0.1, -0.05) is 6.92 Å². The van der Waals surface area contributed by atoms with Crippen LogP contribution in [0.3, 0.4) is 0 Å². The Labute approximate surface area is 110 Å². The Morgan fingerprint density at radius 2 is 1.78 bits per heavy atom. The van der Waals surface area contributed by atoms with Crippen LogP contribution in [0.5, 0.6) is 0 Å². The summed E-state index contributed by atoms with van der Waals surface area (Å²) < 4.78 is 0. The van der Waals surface area contributed by atoms with Gasteiger partial charge in [0.05, 0.1) is 6.54 Å². The van der Waals surface area contributed by atoms with Gasteiger partial charge in [-0.25, -0.2) is 0 Å². The maximum atomic E-state index is 12.2. The Balaban J connectivity index is 2.53. The Morgan fingerprint density at radius 3 is 2.22 bits per heavy atom. The number of piperazine rings is 1. The van der Waals surface area contributed by atoms with E-state index in [1.54, 1.807) is 4.90 Å². The van der Waals surface area contributed by atoms with Crippen LogP contribution in [0.15, 0.2) is 0 Å². The fraction of sp³-hybridized carbons (Fsp3) is 0.846. The Morgan fingerprint density at radius 1 is 1.22 bits per heavy atom. The molecule has 5 nitrogen and oxygen atoms in total. The van der Waals surface area contributed by atoms with Gasteiger partial charge in [-0.05, 0) is 20.4 Å². The number of rotatable bonds is 4. The highest BCUT2D eigenvalue weighted by Crippen LogP contribution is 2.06. The molecule has 1 fully saturated rings. The van der Waals surface area contributed by atoms with E-state index < -0.39 is 0 Å². The summed E-state index contributed by atoms with van der Waals surface area (Å²) in [4.78, 5) is 29.5. The molecule has 0 N–H and O–H groups in total. The molecule has 1 unspecified atom stereocenters. The van der Waals surface area contributed by atoms with Gasteiger partial charge >= 0.3 is 0 Å². The third-order valence-corrected chi connectivity index (χ3v) is 3.69. The second-order valence-corrected chi connectivity index (χ2v) is 5.09. The van der Waals surface area contributed by atoms with Crippen LogP contribution < -0.4 is 0 Å². The summed E-state index contributed by atoms with van der Waals surface area (Å²) in [6, 6.07) is 0.124. The average Bonchev–Trinajstić information content (AvgIpc) is 2.35. The van der Waals surface area contributed by atoms with E-state index in [0.717, 1.165) is 32.6 Å². The Bertz CT molecular complexity index is 299. The lowest BCUT2D eigenvalue weighted by Gasteiger charge is -2.35. The molecule has 0 aliphatic carbocycles. The molecule has 1 saturated heterocycles. The first-order valence-electron chi connectivity index (χ1n) is 6.69. The van der Waals surface area contributed by atoms with Crippen LogP contribution in [0, 0.1) is 0 Å². The standard InChI is InChI=1S/C13H25N3O2/c1-5-11(2)16(12(3)17)10-13(18)15-8-6-14(4)7-9-15/h11H,5-10H2,1-4H3. The van der Waals surface area contributed by atoms with Gasteiger partial charge in [0.2, 0.25) is 11.8 Å². The molecule has 0 saturated carbocycles. The van der Waals surface area contributed by atoms with Gasteiger partial charge in [0.1, 0.15) is 0 Å². The zero-order valence-electron chi connectivity index (χ0n) is 12.0. The summed E-state index contributed by atoms with van der Waals surface area (Å²) in [5, 5.41) is 0. The molecule has 1 atom stereocenters. The number of carbonyl (C=O) groups excluding carboxylic acids is 2. The number of likely N-dealkylation sites (N-methyl/N-ethyl adjacent to an activating group) is 1. The van der Waals surface area contributed by atoms with Gasteiger partial charge in [-0.15, -0.1) is 0 Å². The molecule has 0 aromatic carbocycles. The largest absolute Gasteiger partial charge is 0.339 e. The molecule has 0 aromatic rings. The molecule has 0 aromatic heterocycles. The predicted molar refractivity (Wildman–Crippen MR) is 71.2 cm³/mol. The van der Waals surface area contributed by atoms with Crippen LogP contribution in [0.2, 0.25) is 0 Å². The minimum atomic E-state index is -0.0215. The quantitative estimate of drug-likeness (QED) is 0.731. The number of carbonyl (C=O) groups is 2. The maximum absolute atomic E-state index is 12.2. The van der Waals surface area contributed by atoms with Crippen molar-refractivity contribution in [2.75, 3.05) is 39.8 Å². The van der Waals surface area contributed by atoms with Gasteiger partial charge in [-0.2, -0.15) is 0 Å². The molecule has 1 aliphatic rings. The number of hydrogen-bond donors (Lipinski definition) is 0. The lowest BCUT2D eigenvalue weighted by Crippen LogP contribution is -2.51.